The van der Waals surface area contributed by atoms with Crippen LogP contribution in [0.4, 0.5) is 10.5 Å². The van der Waals surface area contributed by atoms with E-state index in [0.29, 0.717) is 0 Å². The maximum atomic E-state index is 12.6. The minimum Gasteiger partial charge on any atom is -0.481 e. The van der Waals surface area contributed by atoms with Gasteiger partial charge in [0.25, 0.3) is 0 Å². The third-order valence-corrected chi connectivity index (χ3v) is 8.08. The molecular weight excluding hydrogens is 470 g/mol. The highest BCUT2D eigenvalue weighted by molar-refractivity contribution is 5.95. The van der Waals surface area contributed by atoms with E-state index in [4.69, 9.17) is 14.5 Å². The second-order valence-electron chi connectivity index (χ2n) is 10.2. The Hall–Kier alpha value is -3.39. The molecule has 1 aliphatic carbocycles. The number of aliphatic carboxylic acids is 1. The molecule has 2 aromatic carbocycles. The summed E-state index contributed by atoms with van der Waals surface area (Å²) in [6, 6.07) is 13.6. The van der Waals surface area contributed by atoms with Crippen LogP contribution in [0.1, 0.15) is 67.9 Å². The fourth-order valence-electron chi connectivity index (χ4n) is 6.16. The molecule has 4 atom stereocenters. The number of methoxy groups -OCH3 is 2. The molecule has 0 radical (unpaired) electrons. The number of imidazole rings is 1. The number of carbonyl (C=O) groups excluding carboxylic acids is 1. The van der Waals surface area contributed by atoms with Crippen molar-refractivity contribution in [3.8, 4) is 0 Å². The van der Waals surface area contributed by atoms with E-state index in [1.165, 1.54) is 7.11 Å². The lowest BCUT2D eigenvalue weighted by molar-refractivity contribution is -0.138. The number of rotatable bonds is 6. The SMILES string of the molecule is COC(=O)N1c2ccc3c(nc(CC(C(=O)O)c4ccccc4)n3[C@@H]3CCC[C@@H](OC)C3)c2CC[C@@H]1C. The van der Waals surface area contributed by atoms with Gasteiger partial charge in [-0.2, -0.15) is 0 Å². The van der Waals surface area contributed by atoms with Crippen LogP contribution in [-0.4, -0.2) is 53.1 Å². The Bertz CT molecular complexity index is 1290. The molecule has 1 fully saturated rings. The van der Waals surface area contributed by atoms with Gasteiger partial charge in [-0.05, 0) is 63.1 Å². The topological polar surface area (TPSA) is 93.9 Å². The molecule has 0 saturated heterocycles. The third kappa shape index (κ3) is 4.70. The number of benzene rings is 2. The average molecular weight is 506 g/mol. The number of anilines is 1. The van der Waals surface area contributed by atoms with Crippen LogP contribution in [0.3, 0.4) is 0 Å². The lowest BCUT2D eigenvalue weighted by Gasteiger charge is -2.34. The zero-order valence-electron chi connectivity index (χ0n) is 21.7. The van der Waals surface area contributed by atoms with Crippen LogP contribution in [0.15, 0.2) is 42.5 Å². The van der Waals surface area contributed by atoms with Gasteiger partial charge in [0.05, 0.1) is 35.9 Å². The fourth-order valence-corrected chi connectivity index (χ4v) is 6.16. The van der Waals surface area contributed by atoms with Gasteiger partial charge in [0.15, 0.2) is 0 Å². The van der Waals surface area contributed by atoms with Gasteiger partial charge in [0.2, 0.25) is 0 Å². The standard InChI is InChI=1S/C29H35N3O5/c1-18-12-13-22-24(31(18)29(35)37-3)14-15-25-27(22)30-26(32(25)20-10-7-11-21(16-20)36-2)17-23(28(33)34)19-8-5-4-6-9-19/h4-6,8-9,14-15,18,20-21,23H,7,10-13,16-17H2,1-3H3,(H,33,34)/t18-,20+,21+,23?/m0/s1. The maximum absolute atomic E-state index is 12.6. The van der Waals surface area contributed by atoms with Crippen molar-refractivity contribution in [1.82, 2.24) is 9.55 Å². The van der Waals surface area contributed by atoms with Crippen LogP contribution in [0.25, 0.3) is 11.0 Å². The van der Waals surface area contributed by atoms with Crippen LogP contribution >= 0.6 is 0 Å². The largest absolute Gasteiger partial charge is 0.481 e. The molecule has 0 spiro atoms. The second kappa shape index (κ2) is 10.5. The first-order valence-electron chi connectivity index (χ1n) is 13.1. The molecule has 5 rings (SSSR count). The van der Waals surface area contributed by atoms with E-state index in [1.807, 2.05) is 49.4 Å². The van der Waals surface area contributed by atoms with Crippen LogP contribution in [0.2, 0.25) is 0 Å². The van der Waals surface area contributed by atoms with Crippen molar-refractivity contribution in [1.29, 1.82) is 0 Å². The number of aryl methyl sites for hydroxylation is 1. The van der Waals surface area contributed by atoms with E-state index in [2.05, 4.69) is 4.57 Å². The summed E-state index contributed by atoms with van der Waals surface area (Å²) in [5, 5.41) is 10.2. The van der Waals surface area contributed by atoms with Crippen molar-refractivity contribution in [2.75, 3.05) is 19.1 Å². The number of nitrogens with zero attached hydrogens (tertiary/aromatic N) is 3. The fraction of sp³-hybridized carbons (Fsp3) is 0.483. The Labute approximate surface area is 217 Å². The summed E-state index contributed by atoms with van der Waals surface area (Å²) in [7, 11) is 3.16. The number of hydrogen-bond donors (Lipinski definition) is 1. The summed E-state index contributed by atoms with van der Waals surface area (Å²) in [6.45, 7) is 2.03. The Kier molecular flexibility index (Phi) is 7.20. The molecule has 2 heterocycles. The van der Waals surface area contributed by atoms with Gasteiger partial charge in [-0.15, -0.1) is 0 Å². The summed E-state index contributed by atoms with van der Waals surface area (Å²) >= 11 is 0. The molecule has 3 aromatic rings. The Morgan fingerprint density at radius 2 is 1.89 bits per heavy atom. The zero-order valence-corrected chi connectivity index (χ0v) is 21.7. The molecule has 1 amide bonds. The van der Waals surface area contributed by atoms with Gasteiger partial charge >= 0.3 is 12.1 Å². The van der Waals surface area contributed by atoms with Crippen molar-refractivity contribution in [3.63, 3.8) is 0 Å². The first-order chi connectivity index (χ1) is 17.9. The number of aromatic nitrogens is 2. The van der Waals surface area contributed by atoms with Gasteiger partial charge in [0.1, 0.15) is 5.82 Å². The van der Waals surface area contributed by atoms with Gasteiger partial charge in [-0.3, -0.25) is 9.69 Å². The number of hydrogen-bond acceptors (Lipinski definition) is 5. The van der Waals surface area contributed by atoms with Crippen LogP contribution in [0.5, 0.6) is 0 Å². The predicted molar refractivity (Wildman–Crippen MR) is 141 cm³/mol. The van der Waals surface area contributed by atoms with E-state index in [9.17, 15) is 14.7 Å². The minimum atomic E-state index is -0.865. The van der Waals surface area contributed by atoms with Gasteiger partial charge < -0.3 is 19.1 Å². The highest BCUT2D eigenvalue weighted by Gasteiger charge is 2.34. The maximum Gasteiger partial charge on any atom is 0.414 e. The number of amides is 1. The van der Waals surface area contributed by atoms with Crippen LogP contribution in [0, 0.1) is 0 Å². The molecule has 37 heavy (non-hydrogen) atoms. The number of fused-ring (bicyclic) bond motifs is 3. The quantitative estimate of drug-likeness (QED) is 0.476. The Balaban J connectivity index is 1.66. The van der Waals surface area contributed by atoms with Crippen LogP contribution in [-0.2, 0) is 27.1 Å². The molecule has 2 aliphatic rings. The van der Waals surface area contributed by atoms with Crippen molar-refractivity contribution in [3.05, 3.63) is 59.4 Å². The lowest BCUT2D eigenvalue weighted by atomic mass is 9.91. The zero-order chi connectivity index (χ0) is 26.1. The molecular formula is C29H35N3O5. The number of carbonyl (C=O) groups is 2. The van der Waals surface area contributed by atoms with Crippen LogP contribution < -0.4 is 4.90 Å². The first-order valence-corrected chi connectivity index (χ1v) is 13.1. The molecule has 1 unspecified atom stereocenters. The highest BCUT2D eigenvalue weighted by Crippen LogP contribution is 2.40. The summed E-state index contributed by atoms with van der Waals surface area (Å²) < 4.78 is 13.1. The minimum absolute atomic E-state index is 0.0224. The summed E-state index contributed by atoms with van der Waals surface area (Å²) in [5.41, 5.74) is 4.45. The smallest absolute Gasteiger partial charge is 0.414 e. The molecule has 1 aromatic heterocycles. The Morgan fingerprint density at radius 3 is 2.59 bits per heavy atom. The monoisotopic (exact) mass is 505 g/mol. The number of carboxylic acids is 1. The van der Waals surface area contributed by atoms with Crippen molar-refractivity contribution in [2.24, 2.45) is 0 Å². The number of carboxylic acid groups (broad SMARTS) is 1. The predicted octanol–water partition coefficient (Wildman–Crippen LogP) is 5.48. The van der Waals surface area contributed by atoms with Crippen molar-refractivity contribution >= 4 is 28.8 Å². The van der Waals surface area contributed by atoms with E-state index in [0.717, 1.165) is 72.2 Å². The molecule has 0 bridgehead atoms. The molecule has 8 heteroatoms. The normalized spacial score (nSPS) is 22.5. The average Bonchev–Trinajstić information content (AvgIpc) is 3.30. The second-order valence-corrected chi connectivity index (χ2v) is 10.2. The Morgan fingerprint density at radius 1 is 1.11 bits per heavy atom. The molecule has 8 nitrogen and oxygen atoms in total. The summed E-state index contributed by atoms with van der Waals surface area (Å²) in [5.74, 6) is -0.804. The lowest BCUT2D eigenvalue weighted by Crippen LogP contribution is -2.42. The summed E-state index contributed by atoms with van der Waals surface area (Å²) in [6.07, 6.45) is 5.60. The van der Waals surface area contributed by atoms with Gasteiger partial charge in [-0.1, -0.05) is 30.3 Å². The van der Waals surface area contributed by atoms with Gasteiger partial charge in [-0.25, -0.2) is 9.78 Å². The first kappa shape index (κ1) is 25.3. The molecule has 1 aliphatic heterocycles. The number of ether oxygens (including phenoxy) is 2. The molecule has 196 valence electrons. The van der Waals surface area contributed by atoms with Crippen molar-refractivity contribution in [2.45, 2.75) is 76.0 Å². The third-order valence-electron chi connectivity index (χ3n) is 8.08. The van der Waals surface area contributed by atoms with E-state index >= 15 is 0 Å². The van der Waals surface area contributed by atoms with E-state index in [-0.39, 0.29) is 30.7 Å². The van der Waals surface area contributed by atoms with E-state index in [1.54, 1.807) is 12.0 Å². The summed E-state index contributed by atoms with van der Waals surface area (Å²) in [4.78, 5) is 31.9. The molecule has 1 N–H and O–H groups in total. The molecule has 1 saturated carbocycles. The van der Waals surface area contributed by atoms with E-state index < -0.39 is 11.9 Å². The highest BCUT2D eigenvalue weighted by atomic mass is 16.5. The van der Waals surface area contributed by atoms with Gasteiger partial charge in [0, 0.05) is 31.2 Å². The van der Waals surface area contributed by atoms with Crippen molar-refractivity contribution < 1.29 is 24.2 Å².